The van der Waals surface area contributed by atoms with Crippen LogP contribution in [0.4, 0.5) is 16.2 Å². The van der Waals surface area contributed by atoms with Gasteiger partial charge in [0, 0.05) is 12.3 Å². The first kappa shape index (κ1) is 14.9. The number of urea groups is 1. The summed E-state index contributed by atoms with van der Waals surface area (Å²) >= 11 is 0. The first-order chi connectivity index (χ1) is 10.2. The van der Waals surface area contributed by atoms with E-state index in [1.807, 2.05) is 24.3 Å². The Morgan fingerprint density at radius 1 is 1.14 bits per heavy atom. The van der Waals surface area contributed by atoms with Crippen molar-refractivity contribution in [1.29, 1.82) is 0 Å². The normalized spacial score (nSPS) is 10.0. The zero-order chi connectivity index (χ0) is 15.1. The molecule has 0 saturated carbocycles. The molecule has 0 unspecified atom stereocenters. The van der Waals surface area contributed by atoms with E-state index < -0.39 is 0 Å². The molecule has 3 N–H and O–H groups in total. The molecule has 0 aromatic heterocycles. The van der Waals surface area contributed by atoms with E-state index in [0.29, 0.717) is 23.5 Å². The summed E-state index contributed by atoms with van der Waals surface area (Å²) in [7, 11) is 1.54. The average Bonchev–Trinajstić information content (AvgIpc) is 2.50. The third kappa shape index (κ3) is 4.22. The van der Waals surface area contributed by atoms with Crippen LogP contribution in [-0.4, -0.2) is 24.9 Å². The van der Waals surface area contributed by atoms with Gasteiger partial charge in [-0.05, 0) is 36.2 Å². The van der Waals surface area contributed by atoms with Gasteiger partial charge in [0.05, 0.1) is 12.8 Å². The first-order valence-corrected chi connectivity index (χ1v) is 6.63. The molecule has 0 spiro atoms. The molecule has 110 valence electrons. The number of hydrogen-bond acceptors (Lipinski definition) is 3. The summed E-state index contributed by atoms with van der Waals surface area (Å²) in [6.07, 6.45) is 0.548. The van der Waals surface area contributed by atoms with E-state index in [1.54, 1.807) is 31.4 Å². The Kier molecular flexibility index (Phi) is 5.17. The van der Waals surface area contributed by atoms with Crippen molar-refractivity contribution in [2.24, 2.45) is 0 Å². The Hall–Kier alpha value is -2.53. The van der Waals surface area contributed by atoms with Gasteiger partial charge in [0.15, 0.2) is 0 Å². The Morgan fingerprint density at radius 3 is 2.57 bits per heavy atom. The van der Waals surface area contributed by atoms with Crippen LogP contribution in [0.5, 0.6) is 5.75 Å². The van der Waals surface area contributed by atoms with Crippen molar-refractivity contribution in [2.75, 3.05) is 24.4 Å². The highest BCUT2D eigenvalue weighted by Gasteiger charge is 2.08. The molecule has 2 amide bonds. The van der Waals surface area contributed by atoms with Gasteiger partial charge in [0.25, 0.3) is 0 Å². The molecular weight excluding hydrogens is 268 g/mol. The summed E-state index contributed by atoms with van der Waals surface area (Å²) in [5.74, 6) is 0.559. The average molecular weight is 286 g/mol. The fraction of sp³-hybridized carbons (Fsp3) is 0.188. The number of amides is 2. The standard InChI is InChI=1S/C16H18N2O3/c1-21-15-11-12(9-10-19)7-8-14(15)18-16(20)17-13-5-3-2-4-6-13/h2-8,11,19H,9-10H2,1H3,(H2,17,18,20). The number of benzene rings is 2. The minimum Gasteiger partial charge on any atom is -0.495 e. The van der Waals surface area contributed by atoms with Crippen LogP contribution in [-0.2, 0) is 6.42 Å². The SMILES string of the molecule is COc1cc(CCO)ccc1NC(=O)Nc1ccccc1. The predicted octanol–water partition coefficient (Wildman–Crippen LogP) is 2.87. The monoisotopic (exact) mass is 286 g/mol. The summed E-state index contributed by atoms with van der Waals surface area (Å²) in [4.78, 5) is 11.9. The van der Waals surface area contributed by atoms with Crippen LogP contribution in [0.1, 0.15) is 5.56 Å². The van der Waals surface area contributed by atoms with Crippen LogP contribution in [0.2, 0.25) is 0 Å². The number of nitrogens with one attached hydrogen (secondary N) is 2. The minimum absolute atomic E-state index is 0.0738. The lowest BCUT2D eigenvalue weighted by molar-refractivity contribution is 0.262. The Morgan fingerprint density at radius 2 is 1.90 bits per heavy atom. The summed E-state index contributed by atoms with van der Waals surface area (Å²) in [6, 6.07) is 14.3. The molecule has 5 nitrogen and oxygen atoms in total. The van der Waals surface area contributed by atoms with Gasteiger partial charge < -0.3 is 20.5 Å². The van der Waals surface area contributed by atoms with Gasteiger partial charge in [-0.3, -0.25) is 0 Å². The predicted molar refractivity (Wildman–Crippen MR) is 82.9 cm³/mol. The maximum absolute atomic E-state index is 11.9. The second-order valence-corrected chi connectivity index (χ2v) is 4.45. The number of rotatable bonds is 5. The molecule has 0 aliphatic heterocycles. The van der Waals surface area contributed by atoms with Gasteiger partial charge in [-0.1, -0.05) is 24.3 Å². The molecule has 0 aliphatic carbocycles. The quantitative estimate of drug-likeness (QED) is 0.791. The first-order valence-electron chi connectivity index (χ1n) is 6.63. The van der Waals surface area contributed by atoms with Gasteiger partial charge in [-0.2, -0.15) is 0 Å². The van der Waals surface area contributed by atoms with Crippen molar-refractivity contribution in [1.82, 2.24) is 0 Å². The molecule has 0 heterocycles. The van der Waals surface area contributed by atoms with Crippen molar-refractivity contribution in [3.05, 3.63) is 54.1 Å². The fourth-order valence-electron chi connectivity index (χ4n) is 1.93. The molecule has 0 aliphatic rings. The lowest BCUT2D eigenvalue weighted by Gasteiger charge is -2.12. The van der Waals surface area contributed by atoms with Crippen molar-refractivity contribution in [3.8, 4) is 5.75 Å². The summed E-state index contributed by atoms with van der Waals surface area (Å²) in [5, 5.41) is 14.4. The van der Waals surface area contributed by atoms with Crippen LogP contribution >= 0.6 is 0 Å². The van der Waals surface area contributed by atoms with Crippen molar-refractivity contribution >= 4 is 17.4 Å². The summed E-state index contributed by atoms with van der Waals surface area (Å²) in [6.45, 7) is 0.0738. The van der Waals surface area contributed by atoms with Gasteiger partial charge in [0.1, 0.15) is 5.75 Å². The van der Waals surface area contributed by atoms with E-state index in [-0.39, 0.29) is 12.6 Å². The number of carbonyl (C=O) groups is 1. The fourth-order valence-corrected chi connectivity index (χ4v) is 1.93. The van der Waals surface area contributed by atoms with Crippen LogP contribution in [0.3, 0.4) is 0 Å². The summed E-state index contributed by atoms with van der Waals surface area (Å²) < 4.78 is 5.26. The Bertz CT molecular complexity index is 600. The number of ether oxygens (including phenoxy) is 1. The molecule has 0 radical (unpaired) electrons. The van der Waals surface area contributed by atoms with Crippen molar-refractivity contribution in [3.63, 3.8) is 0 Å². The van der Waals surface area contributed by atoms with Gasteiger partial charge in [-0.25, -0.2) is 4.79 Å². The number of aliphatic hydroxyl groups excluding tert-OH is 1. The van der Waals surface area contributed by atoms with Crippen LogP contribution in [0, 0.1) is 0 Å². The number of anilines is 2. The zero-order valence-electron chi connectivity index (χ0n) is 11.8. The molecule has 0 fully saturated rings. The van der Waals surface area contributed by atoms with Crippen molar-refractivity contribution in [2.45, 2.75) is 6.42 Å². The highest BCUT2D eigenvalue weighted by molar-refractivity contribution is 6.00. The van der Waals surface area contributed by atoms with Crippen LogP contribution in [0.15, 0.2) is 48.5 Å². The number of carbonyl (C=O) groups excluding carboxylic acids is 1. The lowest BCUT2D eigenvalue weighted by Crippen LogP contribution is -2.19. The molecule has 0 bridgehead atoms. The maximum Gasteiger partial charge on any atom is 0.323 e. The number of hydrogen-bond donors (Lipinski definition) is 3. The highest BCUT2D eigenvalue weighted by atomic mass is 16.5. The van der Waals surface area contributed by atoms with E-state index in [2.05, 4.69) is 10.6 Å². The molecule has 21 heavy (non-hydrogen) atoms. The Balaban J connectivity index is 2.06. The topological polar surface area (TPSA) is 70.6 Å². The van der Waals surface area contributed by atoms with E-state index in [9.17, 15) is 4.79 Å². The number of methoxy groups -OCH3 is 1. The van der Waals surface area contributed by atoms with E-state index in [0.717, 1.165) is 5.56 Å². The van der Waals surface area contributed by atoms with Gasteiger partial charge in [-0.15, -0.1) is 0 Å². The molecular formula is C16H18N2O3. The van der Waals surface area contributed by atoms with E-state index >= 15 is 0 Å². The van der Waals surface area contributed by atoms with Crippen LogP contribution in [0.25, 0.3) is 0 Å². The third-order valence-electron chi connectivity index (χ3n) is 2.95. The molecule has 5 heteroatoms. The van der Waals surface area contributed by atoms with Gasteiger partial charge in [0.2, 0.25) is 0 Å². The second-order valence-electron chi connectivity index (χ2n) is 4.45. The second kappa shape index (κ2) is 7.31. The third-order valence-corrected chi connectivity index (χ3v) is 2.95. The molecule has 0 saturated heterocycles. The largest absolute Gasteiger partial charge is 0.495 e. The molecule has 2 rings (SSSR count). The smallest absolute Gasteiger partial charge is 0.323 e. The van der Waals surface area contributed by atoms with Crippen molar-refractivity contribution < 1.29 is 14.6 Å². The number of para-hydroxylation sites is 1. The molecule has 2 aromatic rings. The maximum atomic E-state index is 11.9. The van der Waals surface area contributed by atoms with Gasteiger partial charge >= 0.3 is 6.03 Å². The van der Waals surface area contributed by atoms with E-state index in [4.69, 9.17) is 9.84 Å². The number of aliphatic hydroxyl groups is 1. The Labute approximate surface area is 123 Å². The molecule has 0 atom stereocenters. The van der Waals surface area contributed by atoms with Crippen LogP contribution < -0.4 is 15.4 Å². The lowest BCUT2D eigenvalue weighted by atomic mass is 10.1. The van der Waals surface area contributed by atoms with E-state index in [1.165, 1.54) is 0 Å². The zero-order valence-corrected chi connectivity index (χ0v) is 11.8. The highest BCUT2D eigenvalue weighted by Crippen LogP contribution is 2.26. The molecule has 2 aromatic carbocycles. The summed E-state index contributed by atoms with van der Waals surface area (Å²) in [5.41, 5.74) is 2.24. The minimum atomic E-state index is -0.339.